The Morgan fingerprint density at radius 2 is 1.94 bits per heavy atom. The van der Waals surface area contributed by atoms with Crippen molar-refractivity contribution in [3.63, 3.8) is 0 Å². The molecule has 6 nitrogen and oxygen atoms in total. The molecule has 0 bridgehead atoms. The van der Waals surface area contributed by atoms with Crippen molar-refractivity contribution in [3.05, 3.63) is 76.6 Å². The second kappa shape index (κ2) is 8.99. The Morgan fingerprint density at radius 1 is 1.16 bits per heavy atom. The Kier molecular flexibility index (Phi) is 6.15. The predicted octanol–water partition coefficient (Wildman–Crippen LogP) is 5.52. The van der Waals surface area contributed by atoms with E-state index < -0.39 is 0 Å². The minimum atomic E-state index is 0.0342. The van der Waals surface area contributed by atoms with Gasteiger partial charge in [-0.25, -0.2) is 4.98 Å². The molecule has 158 valence electrons. The molecule has 0 fully saturated rings. The number of ether oxygens (including phenoxy) is 1. The quantitative estimate of drug-likeness (QED) is 0.295. The minimum absolute atomic E-state index is 0.0342. The van der Waals surface area contributed by atoms with E-state index in [9.17, 15) is 4.79 Å². The molecule has 4 aromatic rings. The highest BCUT2D eigenvalue weighted by atomic mass is 35.5. The number of aryl methyl sites for hydroxylation is 1. The topological polar surface area (TPSA) is 72.8 Å². The molecule has 0 atom stereocenters. The Hall–Kier alpha value is -3.03. The monoisotopic (exact) mass is 452 g/mol. The number of hydrogen-bond acceptors (Lipinski definition) is 5. The van der Waals surface area contributed by atoms with Crippen molar-refractivity contribution in [1.82, 2.24) is 19.7 Å². The number of H-pyrrole nitrogens is 1. The molecule has 1 N–H and O–H groups in total. The van der Waals surface area contributed by atoms with Gasteiger partial charge in [0.05, 0.1) is 18.4 Å². The zero-order valence-corrected chi connectivity index (χ0v) is 18.9. The first-order chi connectivity index (χ1) is 15.0. The Morgan fingerprint density at radius 3 is 2.68 bits per heavy atom. The summed E-state index contributed by atoms with van der Waals surface area (Å²) in [5, 5.41) is 8.19. The van der Waals surface area contributed by atoms with Crippen LogP contribution >= 0.6 is 23.4 Å². The van der Waals surface area contributed by atoms with E-state index >= 15 is 0 Å². The summed E-state index contributed by atoms with van der Waals surface area (Å²) in [5.74, 6) is 1.45. The van der Waals surface area contributed by atoms with Crippen LogP contribution in [0.25, 0.3) is 17.1 Å². The zero-order chi connectivity index (χ0) is 22.0. The fourth-order valence-corrected chi connectivity index (χ4v) is 4.38. The highest BCUT2D eigenvalue weighted by Gasteiger charge is 2.18. The van der Waals surface area contributed by atoms with Gasteiger partial charge in [-0.3, -0.25) is 9.89 Å². The van der Waals surface area contributed by atoms with Crippen molar-refractivity contribution in [2.24, 2.45) is 0 Å². The summed E-state index contributed by atoms with van der Waals surface area (Å²) in [5.41, 5.74) is 4.41. The number of carbonyl (C=O) groups excluding carboxylic acids is 1. The molecule has 0 saturated carbocycles. The highest BCUT2D eigenvalue weighted by molar-refractivity contribution is 7.99. The average molecular weight is 453 g/mol. The van der Waals surface area contributed by atoms with E-state index in [1.54, 1.807) is 25.3 Å². The van der Waals surface area contributed by atoms with E-state index in [0.717, 1.165) is 17.1 Å². The van der Waals surface area contributed by atoms with E-state index in [1.165, 1.54) is 11.8 Å². The van der Waals surface area contributed by atoms with Gasteiger partial charge in [-0.2, -0.15) is 0 Å². The molecule has 0 amide bonds. The number of ketones is 1. The van der Waals surface area contributed by atoms with Crippen LogP contribution in [0.15, 0.2) is 59.8 Å². The first-order valence-corrected chi connectivity index (χ1v) is 11.0. The Labute approximate surface area is 189 Å². The van der Waals surface area contributed by atoms with Gasteiger partial charge in [0.1, 0.15) is 5.75 Å². The van der Waals surface area contributed by atoms with Gasteiger partial charge in [0.15, 0.2) is 11.6 Å². The predicted molar refractivity (Wildman–Crippen MR) is 124 cm³/mol. The smallest absolute Gasteiger partial charge is 0.209 e. The summed E-state index contributed by atoms with van der Waals surface area (Å²) in [6.45, 7) is 3.97. The molecule has 2 aromatic heterocycles. The van der Waals surface area contributed by atoms with Crippen molar-refractivity contribution in [2.75, 3.05) is 12.9 Å². The number of nitrogens with one attached hydrogen (secondary N) is 1. The zero-order valence-electron chi connectivity index (χ0n) is 17.3. The number of halogens is 1. The molecule has 0 spiro atoms. The fourth-order valence-electron chi connectivity index (χ4n) is 3.52. The third-order valence-electron chi connectivity index (χ3n) is 4.96. The molecule has 2 aromatic carbocycles. The number of thioether (sulfide) groups is 1. The van der Waals surface area contributed by atoms with Crippen LogP contribution in [-0.2, 0) is 0 Å². The fraction of sp³-hybridized carbons (Fsp3) is 0.174. The van der Waals surface area contributed by atoms with Crippen molar-refractivity contribution >= 4 is 29.1 Å². The molecule has 0 unspecified atom stereocenters. The van der Waals surface area contributed by atoms with Crippen molar-refractivity contribution in [2.45, 2.75) is 19.0 Å². The molecular weight excluding hydrogens is 432 g/mol. The lowest BCUT2D eigenvalue weighted by molar-refractivity contribution is 0.102. The number of rotatable bonds is 7. The molecule has 0 aliphatic heterocycles. The molecule has 0 aliphatic rings. The van der Waals surface area contributed by atoms with Crippen LogP contribution in [0.4, 0.5) is 0 Å². The molecule has 0 saturated heterocycles. The number of aromatic amines is 1. The van der Waals surface area contributed by atoms with Gasteiger partial charge >= 0.3 is 0 Å². The lowest BCUT2D eigenvalue weighted by atomic mass is 10.2. The Balaban J connectivity index is 1.50. The number of hydrogen-bond donors (Lipinski definition) is 1. The van der Waals surface area contributed by atoms with Gasteiger partial charge in [-0.15, -0.1) is 5.10 Å². The van der Waals surface area contributed by atoms with Gasteiger partial charge in [0, 0.05) is 27.7 Å². The maximum absolute atomic E-state index is 12.9. The molecule has 31 heavy (non-hydrogen) atoms. The number of para-hydroxylation sites is 1. The SMILES string of the molecule is COc1ccc(Cl)cc1-c1nc(SCC(=O)c2cc(C)n(-c3ccccc3)c2C)n[nH]1. The summed E-state index contributed by atoms with van der Waals surface area (Å²) >= 11 is 7.40. The standard InChI is InChI=1S/C23H21ClN4O2S/c1-14-11-18(15(2)28(14)17-7-5-4-6-8-17)20(29)13-31-23-25-22(26-27-23)19-12-16(24)9-10-21(19)30-3/h4-12H,13H2,1-3H3,(H,25,26,27). The second-order valence-electron chi connectivity index (χ2n) is 6.98. The van der Waals surface area contributed by atoms with Gasteiger partial charge in [-0.05, 0) is 50.2 Å². The second-order valence-corrected chi connectivity index (χ2v) is 8.36. The van der Waals surface area contributed by atoms with Crippen LogP contribution in [0.3, 0.4) is 0 Å². The highest BCUT2D eigenvalue weighted by Crippen LogP contribution is 2.31. The van der Waals surface area contributed by atoms with Crippen LogP contribution in [0.5, 0.6) is 5.75 Å². The van der Waals surface area contributed by atoms with Crippen LogP contribution < -0.4 is 4.74 Å². The summed E-state index contributed by atoms with van der Waals surface area (Å²) in [6.07, 6.45) is 0. The maximum atomic E-state index is 12.9. The summed E-state index contributed by atoms with van der Waals surface area (Å²) < 4.78 is 7.47. The molecule has 0 aliphatic carbocycles. The largest absolute Gasteiger partial charge is 0.496 e. The number of carbonyl (C=O) groups is 1. The van der Waals surface area contributed by atoms with Gasteiger partial charge in [-0.1, -0.05) is 41.6 Å². The van der Waals surface area contributed by atoms with Crippen LogP contribution in [-0.4, -0.2) is 38.4 Å². The molecular formula is C23H21ClN4O2S. The molecule has 4 rings (SSSR count). The van der Waals surface area contributed by atoms with E-state index in [2.05, 4.69) is 19.7 Å². The van der Waals surface area contributed by atoms with E-state index in [-0.39, 0.29) is 11.5 Å². The van der Waals surface area contributed by atoms with E-state index in [4.69, 9.17) is 16.3 Å². The third kappa shape index (κ3) is 4.38. The van der Waals surface area contributed by atoms with Crippen molar-refractivity contribution in [1.29, 1.82) is 0 Å². The molecule has 8 heteroatoms. The number of methoxy groups -OCH3 is 1. The maximum Gasteiger partial charge on any atom is 0.209 e. The van der Waals surface area contributed by atoms with Crippen LogP contribution in [0, 0.1) is 13.8 Å². The molecule has 2 heterocycles. The normalized spacial score (nSPS) is 11.0. The average Bonchev–Trinajstić information content (AvgIpc) is 3.36. The van der Waals surface area contributed by atoms with Crippen molar-refractivity contribution < 1.29 is 9.53 Å². The number of Topliss-reactive ketones (excluding diaryl/α,β-unsaturated/α-hetero) is 1. The van der Waals surface area contributed by atoms with Gasteiger partial charge in [0.25, 0.3) is 0 Å². The first-order valence-electron chi connectivity index (χ1n) is 9.64. The lowest BCUT2D eigenvalue weighted by Gasteiger charge is -2.09. The first kappa shape index (κ1) is 21.2. The molecule has 0 radical (unpaired) electrons. The Bertz CT molecular complexity index is 1230. The van der Waals surface area contributed by atoms with Gasteiger partial charge in [0.2, 0.25) is 5.16 Å². The lowest BCUT2D eigenvalue weighted by Crippen LogP contribution is -2.05. The third-order valence-corrected chi connectivity index (χ3v) is 6.04. The van der Waals surface area contributed by atoms with Crippen molar-refractivity contribution in [3.8, 4) is 22.8 Å². The summed E-state index contributed by atoms with van der Waals surface area (Å²) in [4.78, 5) is 17.4. The summed E-state index contributed by atoms with van der Waals surface area (Å²) in [6, 6.07) is 17.2. The van der Waals surface area contributed by atoms with E-state index in [1.807, 2.05) is 50.2 Å². The number of nitrogens with zero attached hydrogens (tertiary/aromatic N) is 3. The van der Waals surface area contributed by atoms with Gasteiger partial charge < -0.3 is 9.30 Å². The minimum Gasteiger partial charge on any atom is -0.496 e. The summed E-state index contributed by atoms with van der Waals surface area (Å²) in [7, 11) is 1.59. The number of benzene rings is 2. The number of aromatic nitrogens is 4. The van der Waals surface area contributed by atoms with Crippen LogP contribution in [0.2, 0.25) is 5.02 Å². The van der Waals surface area contributed by atoms with Crippen LogP contribution in [0.1, 0.15) is 21.7 Å². The van der Waals surface area contributed by atoms with E-state index in [0.29, 0.717) is 32.9 Å².